The van der Waals surface area contributed by atoms with E-state index >= 15 is 0 Å². The summed E-state index contributed by atoms with van der Waals surface area (Å²) < 4.78 is 1.91. The van der Waals surface area contributed by atoms with Crippen molar-refractivity contribution in [1.82, 2.24) is 14.5 Å². The minimum atomic E-state index is 0.0253. The molecule has 4 nitrogen and oxygen atoms in total. The van der Waals surface area contributed by atoms with Gasteiger partial charge in [-0.05, 0) is 51.3 Å². The second-order valence-corrected chi connectivity index (χ2v) is 6.25. The predicted molar refractivity (Wildman–Crippen MR) is 82.1 cm³/mol. The fourth-order valence-electron chi connectivity index (χ4n) is 3.24. The molecule has 1 fully saturated rings. The van der Waals surface area contributed by atoms with E-state index in [-0.39, 0.29) is 5.69 Å². The van der Waals surface area contributed by atoms with Crippen LogP contribution in [-0.2, 0) is 6.54 Å². The fourth-order valence-corrected chi connectivity index (χ4v) is 3.24. The Hall–Kier alpha value is -1.55. The van der Waals surface area contributed by atoms with Crippen LogP contribution >= 0.6 is 0 Å². The molecule has 1 unspecified atom stereocenters. The number of para-hydroxylation sites is 1. The zero-order valence-corrected chi connectivity index (χ0v) is 12.5. The van der Waals surface area contributed by atoms with Gasteiger partial charge in [0, 0.05) is 19.1 Å². The van der Waals surface area contributed by atoms with Gasteiger partial charge in [-0.3, -0.25) is 4.57 Å². The Kier molecular flexibility index (Phi) is 3.42. The molecule has 20 heavy (non-hydrogen) atoms. The van der Waals surface area contributed by atoms with Gasteiger partial charge >= 0.3 is 5.69 Å². The number of benzene rings is 1. The highest BCUT2D eigenvalue weighted by Crippen LogP contribution is 2.22. The molecule has 1 atom stereocenters. The molecule has 1 N–H and O–H groups in total. The van der Waals surface area contributed by atoms with E-state index in [0.717, 1.165) is 36.2 Å². The number of aromatic nitrogens is 2. The Morgan fingerprint density at radius 3 is 2.90 bits per heavy atom. The van der Waals surface area contributed by atoms with E-state index in [9.17, 15) is 4.79 Å². The van der Waals surface area contributed by atoms with Crippen molar-refractivity contribution in [2.45, 2.75) is 39.8 Å². The van der Waals surface area contributed by atoms with Crippen molar-refractivity contribution in [2.75, 3.05) is 13.1 Å². The third-order valence-corrected chi connectivity index (χ3v) is 4.51. The van der Waals surface area contributed by atoms with Gasteiger partial charge in [-0.2, -0.15) is 0 Å². The quantitative estimate of drug-likeness (QED) is 0.932. The van der Waals surface area contributed by atoms with Gasteiger partial charge in [0.2, 0.25) is 0 Å². The van der Waals surface area contributed by atoms with Gasteiger partial charge in [0.25, 0.3) is 0 Å². The Balaban J connectivity index is 1.87. The highest BCUT2D eigenvalue weighted by atomic mass is 16.1. The average Bonchev–Trinajstić information content (AvgIpc) is 2.98. The maximum absolute atomic E-state index is 12.2. The first kappa shape index (κ1) is 13.4. The van der Waals surface area contributed by atoms with E-state index in [1.807, 2.05) is 29.7 Å². The lowest BCUT2D eigenvalue weighted by molar-refractivity contribution is 0.261. The van der Waals surface area contributed by atoms with Crippen molar-refractivity contribution in [3.8, 4) is 0 Å². The topological polar surface area (TPSA) is 41.0 Å². The van der Waals surface area contributed by atoms with Gasteiger partial charge < -0.3 is 9.88 Å². The van der Waals surface area contributed by atoms with Gasteiger partial charge in [-0.25, -0.2) is 4.79 Å². The van der Waals surface area contributed by atoms with Crippen molar-refractivity contribution in [1.29, 1.82) is 0 Å². The summed E-state index contributed by atoms with van der Waals surface area (Å²) in [6.07, 6.45) is 1.18. The lowest BCUT2D eigenvalue weighted by Crippen LogP contribution is -2.29. The molecule has 0 radical (unpaired) electrons. The summed E-state index contributed by atoms with van der Waals surface area (Å²) in [6.45, 7) is 9.60. The smallest absolute Gasteiger partial charge is 0.305 e. The number of nitrogens with zero attached hydrogens (tertiary/aromatic N) is 2. The molecule has 2 heterocycles. The molecule has 1 aliphatic heterocycles. The Bertz CT molecular complexity index is 668. The van der Waals surface area contributed by atoms with Crippen LogP contribution in [-0.4, -0.2) is 33.6 Å². The van der Waals surface area contributed by atoms with E-state index in [0.29, 0.717) is 12.0 Å². The van der Waals surface area contributed by atoms with Crippen LogP contribution in [0.1, 0.15) is 25.8 Å². The summed E-state index contributed by atoms with van der Waals surface area (Å²) in [5, 5.41) is 0. The summed E-state index contributed by atoms with van der Waals surface area (Å²) in [5.41, 5.74) is 3.18. The summed E-state index contributed by atoms with van der Waals surface area (Å²) in [6, 6.07) is 6.70. The van der Waals surface area contributed by atoms with Crippen LogP contribution in [0.2, 0.25) is 0 Å². The zero-order valence-electron chi connectivity index (χ0n) is 12.5. The molecule has 0 saturated carbocycles. The standard InChI is InChI=1S/C16H23N3O/c1-11(2)18-8-7-13(9-18)10-19-14-6-4-5-12(3)15(14)17-16(19)20/h4-6,11,13H,7-10H2,1-3H3,(H,17,20). The van der Waals surface area contributed by atoms with Crippen LogP contribution in [0.5, 0.6) is 0 Å². The molecule has 3 rings (SSSR count). The molecule has 1 aromatic heterocycles. The molecule has 1 aromatic carbocycles. The molecule has 0 aliphatic carbocycles. The molecule has 1 aliphatic rings. The summed E-state index contributed by atoms with van der Waals surface area (Å²) in [7, 11) is 0. The summed E-state index contributed by atoms with van der Waals surface area (Å²) >= 11 is 0. The van der Waals surface area contributed by atoms with Crippen molar-refractivity contribution in [3.05, 3.63) is 34.2 Å². The lowest BCUT2D eigenvalue weighted by Gasteiger charge is -2.20. The minimum absolute atomic E-state index is 0.0253. The molecule has 0 spiro atoms. The minimum Gasteiger partial charge on any atom is -0.305 e. The second-order valence-electron chi connectivity index (χ2n) is 6.25. The first-order valence-corrected chi connectivity index (χ1v) is 7.48. The normalized spacial score (nSPS) is 20.3. The molecule has 0 amide bonds. The number of aryl methyl sites for hydroxylation is 1. The third-order valence-electron chi connectivity index (χ3n) is 4.51. The summed E-state index contributed by atoms with van der Waals surface area (Å²) in [5.74, 6) is 0.578. The molecule has 0 bridgehead atoms. The van der Waals surface area contributed by atoms with E-state index in [4.69, 9.17) is 0 Å². The largest absolute Gasteiger partial charge is 0.326 e. The van der Waals surface area contributed by atoms with E-state index in [1.54, 1.807) is 0 Å². The third kappa shape index (κ3) is 2.29. The number of imidazole rings is 1. The van der Waals surface area contributed by atoms with Gasteiger partial charge in [-0.1, -0.05) is 12.1 Å². The average molecular weight is 273 g/mol. The first-order valence-electron chi connectivity index (χ1n) is 7.48. The highest BCUT2D eigenvalue weighted by Gasteiger charge is 2.25. The SMILES string of the molecule is Cc1cccc2c1[nH]c(=O)n2CC1CCN(C(C)C)C1. The fraction of sp³-hybridized carbons (Fsp3) is 0.562. The Labute approximate surface area is 119 Å². The van der Waals surface area contributed by atoms with Crippen LogP contribution in [0.25, 0.3) is 11.0 Å². The van der Waals surface area contributed by atoms with Crippen molar-refractivity contribution >= 4 is 11.0 Å². The van der Waals surface area contributed by atoms with E-state index in [1.165, 1.54) is 6.42 Å². The van der Waals surface area contributed by atoms with Crippen LogP contribution in [0.15, 0.2) is 23.0 Å². The molecule has 4 heteroatoms. The summed E-state index contributed by atoms with van der Waals surface area (Å²) in [4.78, 5) is 17.7. The number of nitrogens with one attached hydrogen (secondary N) is 1. The Morgan fingerprint density at radius 2 is 2.20 bits per heavy atom. The lowest BCUT2D eigenvalue weighted by atomic mass is 10.1. The predicted octanol–water partition coefficient (Wildman–Crippen LogP) is 2.37. The number of likely N-dealkylation sites (tertiary alicyclic amines) is 1. The van der Waals surface area contributed by atoms with Crippen molar-refractivity contribution in [2.24, 2.45) is 5.92 Å². The maximum Gasteiger partial charge on any atom is 0.326 e. The van der Waals surface area contributed by atoms with Gasteiger partial charge in [0.05, 0.1) is 11.0 Å². The molecule has 1 saturated heterocycles. The monoisotopic (exact) mass is 273 g/mol. The Morgan fingerprint density at radius 1 is 1.40 bits per heavy atom. The van der Waals surface area contributed by atoms with Crippen LogP contribution in [0.4, 0.5) is 0 Å². The zero-order chi connectivity index (χ0) is 14.3. The first-order chi connectivity index (χ1) is 9.56. The van der Waals surface area contributed by atoms with Gasteiger partial charge in [-0.15, -0.1) is 0 Å². The second kappa shape index (κ2) is 5.09. The maximum atomic E-state index is 12.2. The highest BCUT2D eigenvalue weighted by molar-refractivity contribution is 5.78. The van der Waals surface area contributed by atoms with Crippen LogP contribution in [0, 0.1) is 12.8 Å². The van der Waals surface area contributed by atoms with E-state index < -0.39 is 0 Å². The number of fused-ring (bicyclic) bond motifs is 1. The number of hydrogen-bond donors (Lipinski definition) is 1. The van der Waals surface area contributed by atoms with E-state index in [2.05, 4.69) is 23.7 Å². The van der Waals surface area contributed by atoms with Gasteiger partial charge in [0.1, 0.15) is 0 Å². The van der Waals surface area contributed by atoms with Crippen LogP contribution < -0.4 is 5.69 Å². The number of rotatable bonds is 3. The van der Waals surface area contributed by atoms with Crippen LogP contribution in [0.3, 0.4) is 0 Å². The number of H-pyrrole nitrogens is 1. The number of hydrogen-bond acceptors (Lipinski definition) is 2. The van der Waals surface area contributed by atoms with Crippen molar-refractivity contribution in [3.63, 3.8) is 0 Å². The molecular weight excluding hydrogens is 250 g/mol. The number of aromatic amines is 1. The molecule has 2 aromatic rings. The van der Waals surface area contributed by atoms with Crippen molar-refractivity contribution < 1.29 is 0 Å². The molecular formula is C16H23N3O. The molecule has 108 valence electrons. The van der Waals surface area contributed by atoms with Gasteiger partial charge in [0.15, 0.2) is 0 Å².